The molecule has 1 unspecified atom stereocenters. The second-order valence-electron chi connectivity index (χ2n) is 8.00. The summed E-state index contributed by atoms with van der Waals surface area (Å²) in [5.41, 5.74) is 1.44. The molecule has 0 bridgehead atoms. The molecule has 162 valence electrons. The van der Waals surface area contributed by atoms with Crippen LogP contribution in [0.2, 0.25) is 0 Å². The molecule has 9 heteroatoms. The van der Waals surface area contributed by atoms with E-state index in [2.05, 4.69) is 4.98 Å². The predicted octanol–water partition coefficient (Wildman–Crippen LogP) is 1.20. The number of ether oxygens (including phenoxy) is 1. The van der Waals surface area contributed by atoms with Crippen molar-refractivity contribution in [1.82, 2.24) is 9.97 Å². The summed E-state index contributed by atoms with van der Waals surface area (Å²) < 4.78 is 36.5. The van der Waals surface area contributed by atoms with Crippen LogP contribution in [-0.4, -0.2) is 70.0 Å². The summed E-state index contributed by atoms with van der Waals surface area (Å²) in [4.78, 5) is 12.8. The Labute approximate surface area is 181 Å². The first-order valence-electron chi connectivity index (χ1n) is 10.2. The molecule has 0 radical (unpaired) electrons. The molecule has 0 spiro atoms. The fourth-order valence-corrected chi connectivity index (χ4v) is 6.38. The Kier molecular flexibility index (Phi) is 6.16. The van der Waals surface area contributed by atoms with Gasteiger partial charge in [-0.1, -0.05) is 0 Å². The van der Waals surface area contributed by atoms with Crippen molar-refractivity contribution in [3.05, 3.63) is 30.0 Å². The second-order valence-corrected chi connectivity index (χ2v) is 10.6. The van der Waals surface area contributed by atoms with Crippen LogP contribution in [0.3, 0.4) is 0 Å². The molecule has 2 heterocycles. The van der Waals surface area contributed by atoms with Gasteiger partial charge in [0.1, 0.15) is 0 Å². The zero-order valence-corrected chi connectivity index (χ0v) is 19.3. The molecule has 1 aromatic carbocycles. The van der Waals surface area contributed by atoms with E-state index >= 15 is 0 Å². The summed E-state index contributed by atoms with van der Waals surface area (Å²) in [6.07, 6.45) is 5.67. The van der Waals surface area contributed by atoms with Crippen LogP contribution in [0, 0.1) is 0 Å². The van der Waals surface area contributed by atoms with Crippen molar-refractivity contribution in [3.8, 4) is 5.75 Å². The van der Waals surface area contributed by atoms with Gasteiger partial charge in [0.2, 0.25) is 0 Å². The molecule has 30 heavy (non-hydrogen) atoms. The summed E-state index contributed by atoms with van der Waals surface area (Å²) >= 11 is -0.939. The minimum atomic E-state index is -2.81. The van der Waals surface area contributed by atoms with E-state index in [1.54, 1.807) is 25.3 Å². The van der Waals surface area contributed by atoms with E-state index < -0.39 is 21.7 Å². The number of alkyl halides is 2. The van der Waals surface area contributed by atoms with Gasteiger partial charge in [-0.3, -0.25) is 0 Å². The fraction of sp³-hybridized carbons (Fsp3) is 0.524. The number of anilines is 2. The average Bonchev–Trinajstić information content (AvgIpc) is 3.23. The van der Waals surface area contributed by atoms with E-state index in [1.165, 1.54) is 0 Å². The van der Waals surface area contributed by atoms with Crippen molar-refractivity contribution < 1.29 is 18.6 Å². The molecule has 1 atom stereocenters. The molecular weight excluding hydrogens is 453 g/mol. The van der Waals surface area contributed by atoms with Gasteiger partial charge in [-0.05, 0) is 0 Å². The van der Waals surface area contributed by atoms with Gasteiger partial charge in [-0.2, -0.15) is 0 Å². The van der Waals surface area contributed by atoms with Gasteiger partial charge in [0.05, 0.1) is 0 Å². The van der Waals surface area contributed by atoms with Gasteiger partial charge in [0.25, 0.3) is 0 Å². The Morgan fingerprint density at radius 3 is 2.73 bits per heavy atom. The third kappa shape index (κ3) is 4.40. The molecule has 4 rings (SSSR count). The number of rotatable bonds is 5. The Morgan fingerprint density at radius 2 is 2.03 bits per heavy atom. The number of aromatic nitrogens is 2. The Bertz CT molecular complexity index is 909. The van der Waals surface area contributed by atoms with Gasteiger partial charge in [-0.15, -0.1) is 0 Å². The maximum absolute atomic E-state index is 14.6. The third-order valence-corrected chi connectivity index (χ3v) is 8.17. The number of nitrogens with zero attached hydrogens (tertiary/aromatic N) is 4. The van der Waals surface area contributed by atoms with Gasteiger partial charge in [-0.25, -0.2) is 0 Å². The molecule has 2 aliphatic rings. The maximum atomic E-state index is 14.6. The number of hydrogen-bond acceptors (Lipinski definition) is 6. The molecule has 6 nitrogen and oxygen atoms in total. The zero-order chi connectivity index (χ0) is 21.3. The van der Waals surface area contributed by atoms with E-state index in [0.717, 1.165) is 35.6 Å². The van der Waals surface area contributed by atoms with Crippen molar-refractivity contribution in [2.75, 3.05) is 37.0 Å². The summed E-state index contributed by atoms with van der Waals surface area (Å²) in [5.74, 6) is -1.48. The Hall–Kier alpha value is -1.92. The number of methoxy groups -OCH3 is 1. The van der Waals surface area contributed by atoms with Crippen LogP contribution in [0.15, 0.2) is 24.4 Å². The first-order chi connectivity index (χ1) is 14.4. The van der Waals surface area contributed by atoms with Crippen molar-refractivity contribution >= 4 is 36.2 Å². The molecule has 1 aliphatic heterocycles. The van der Waals surface area contributed by atoms with Gasteiger partial charge in [0, 0.05) is 0 Å². The monoisotopic (exact) mass is 480 g/mol. The molecule has 1 saturated carbocycles. The van der Waals surface area contributed by atoms with Crippen molar-refractivity contribution in [2.24, 2.45) is 0 Å². The molecule has 1 fully saturated rings. The van der Waals surface area contributed by atoms with Gasteiger partial charge in [0.15, 0.2) is 0 Å². The molecular formula is C21H27AsF2N4O2. The quantitative estimate of drug-likeness (QED) is 0.650. The molecule has 2 aromatic rings. The van der Waals surface area contributed by atoms with E-state index in [4.69, 9.17) is 9.72 Å². The van der Waals surface area contributed by atoms with Crippen molar-refractivity contribution in [1.29, 1.82) is 0 Å². The van der Waals surface area contributed by atoms with E-state index in [-0.39, 0.29) is 25.7 Å². The van der Waals surface area contributed by atoms with Crippen LogP contribution in [0.25, 0.3) is 0 Å². The van der Waals surface area contributed by atoms with Crippen LogP contribution in [-0.2, 0) is 6.61 Å². The normalized spacial score (nSPS) is 19.4. The predicted molar refractivity (Wildman–Crippen MR) is 115 cm³/mol. The van der Waals surface area contributed by atoms with Gasteiger partial charge >= 0.3 is 182 Å². The van der Waals surface area contributed by atoms with Crippen molar-refractivity contribution in [3.63, 3.8) is 0 Å². The first kappa shape index (κ1) is 21.3. The molecule has 1 N–H and O–H groups in total. The number of fused-ring (bicyclic) bond motifs is 1. The second kappa shape index (κ2) is 8.67. The average molecular weight is 480 g/mol. The number of hydrogen-bond donors (Lipinski definition) is 1. The van der Waals surface area contributed by atoms with Crippen LogP contribution in [0.4, 0.5) is 20.3 Å². The van der Waals surface area contributed by atoms with Crippen LogP contribution < -0.4 is 23.5 Å². The summed E-state index contributed by atoms with van der Waals surface area (Å²) in [6.45, 7) is -0.693. The minimum absolute atomic E-state index is 0.0527. The Balaban J connectivity index is 1.70. The standard InChI is InChI=1S/C21H27AsF2N4O2/c1-27-12-21(23,24)13-28(15-5-3-4-6-15)19-17(27)10-25-20(26-19)22-16-8-7-14(11-29)9-18(16)30-2/h7-10,15,22,29H,3-6,11-13H2,1-2H3. The number of halogens is 2. The zero-order valence-electron chi connectivity index (χ0n) is 17.2. The number of aliphatic hydroxyl groups excluding tert-OH is 1. The molecule has 1 aromatic heterocycles. The van der Waals surface area contributed by atoms with E-state index in [0.29, 0.717) is 21.9 Å². The Morgan fingerprint density at radius 1 is 1.27 bits per heavy atom. The summed E-state index contributed by atoms with van der Waals surface area (Å²) in [6, 6.07) is 5.72. The SMILES string of the molecule is COc1cc(CO)ccc1[AsH]c1ncc2c(n1)N(C1CCCC1)CC(F)(F)CN2C. The molecule has 0 amide bonds. The summed E-state index contributed by atoms with van der Waals surface area (Å²) in [5, 5.41) is 9.36. The fourth-order valence-electron chi connectivity index (χ4n) is 4.29. The van der Waals surface area contributed by atoms with Crippen LogP contribution >= 0.6 is 0 Å². The molecule has 0 saturated heterocycles. The topological polar surface area (TPSA) is 61.7 Å². The van der Waals surface area contributed by atoms with Gasteiger partial charge < -0.3 is 0 Å². The third-order valence-electron chi connectivity index (χ3n) is 5.76. The first-order valence-corrected chi connectivity index (χ1v) is 12.3. The van der Waals surface area contributed by atoms with E-state index in [1.807, 2.05) is 23.1 Å². The summed E-state index contributed by atoms with van der Waals surface area (Å²) in [7, 11) is 3.28. The van der Waals surface area contributed by atoms with Crippen LogP contribution in [0.1, 0.15) is 31.2 Å². The van der Waals surface area contributed by atoms with Crippen molar-refractivity contribution in [2.45, 2.75) is 44.3 Å². The van der Waals surface area contributed by atoms with Crippen LogP contribution in [0.5, 0.6) is 5.75 Å². The molecule has 1 aliphatic carbocycles. The van der Waals surface area contributed by atoms with E-state index in [9.17, 15) is 13.9 Å². The number of aliphatic hydroxyl groups is 1. The number of benzene rings is 1.